The second-order valence-electron chi connectivity index (χ2n) is 5.08. The van der Waals surface area contributed by atoms with Crippen LogP contribution in [-0.2, 0) is 6.42 Å². The van der Waals surface area contributed by atoms with Crippen LogP contribution in [0.4, 0.5) is 0 Å². The maximum absolute atomic E-state index is 9.53. The fourth-order valence-corrected chi connectivity index (χ4v) is 2.88. The van der Waals surface area contributed by atoms with Crippen LogP contribution in [0.5, 0.6) is 5.75 Å². The van der Waals surface area contributed by atoms with Gasteiger partial charge in [0.15, 0.2) is 0 Å². The molecule has 0 saturated carbocycles. The molecule has 2 atom stereocenters. The lowest BCUT2D eigenvalue weighted by Gasteiger charge is -2.21. The molecular weight excluding hydrogens is 238 g/mol. The number of imidazole rings is 1. The Balaban J connectivity index is 1.79. The van der Waals surface area contributed by atoms with Crippen LogP contribution in [-0.4, -0.2) is 15.1 Å². The average molecular weight is 257 g/mol. The van der Waals surface area contributed by atoms with E-state index in [0.29, 0.717) is 11.8 Å². The van der Waals surface area contributed by atoms with Gasteiger partial charge in [0.25, 0.3) is 0 Å². The van der Waals surface area contributed by atoms with Crippen LogP contribution in [0.3, 0.4) is 0 Å². The molecule has 1 aliphatic rings. The smallest absolute Gasteiger partial charge is 0.123 e. The number of benzene rings is 1. The van der Waals surface area contributed by atoms with Crippen LogP contribution in [0.1, 0.15) is 48.8 Å². The van der Waals surface area contributed by atoms with Gasteiger partial charge in [0.1, 0.15) is 11.6 Å². The number of fused-ring (bicyclic) bond motifs is 1. The summed E-state index contributed by atoms with van der Waals surface area (Å²) in [6.07, 6.45) is 6.75. The van der Waals surface area contributed by atoms with E-state index in [1.165, 1.54) is 11.1 Å². The summed E-state index contributed by atoms with van der Waals surface area (Å²) in [5.41, 5.74) is 2.56. The van der Waals surface area contributed by atoms with Gasteiger partial charge in [-0.15, -0.1) is 0 Å². The van der Waals surface area contributed by atoms with Gasteiger partial charge in [-0.05, 0) is 42.5 Å². The van der Waals surface area contributed by atoms with Gasteiger partial charge in [0, 0.05) is 18.4 Å². The molecule has 2 aromatic rings. The first-order chi connectivity index (χ1) is 9.28. The predicted molar refractivity (Wildman–Crippen MR) is 73.9 cm³/mol. The largest absolute Gasteiger partial charge is 0.508 e. The average Bonchev–Trinajstić information content (AvgIpc) is 3.05. The van der Waals surface area contributed by atoms with Crippen LogP contribution >= 0.6 is 0 Å². The van der Waals surface area contributed by atoms with Gasteiger partial charge in [0.2, 0.25) is 0 Å². The highest BCUT2D eigenvalue weighted by Crippen LogP contribution is 2.35. The van der Waals surface area contributed by atoms with E-state index in [4.69, 9.17) is 0 Å². The highest BCUT2D eigenvalue weighted by molar-refractivity contribution is 5.40. The van der Waals surface area contributed by atoms with Crippen LogP contribution in [0.15, 0.2) is 30.6 Å². The van der Waals surface area contributed by atoms with Crippen molar-refractivity contribution in [3.63, 3.8) is 0 Å². The van der Waals surface area contributed by atoms with Gasteiger partial charge >= 0.3 is 0 Å². The van der Waals surface area contributed by atoms with Crippen molar-refractivity contribution >= 4 is 0 Å². The van der Waals surface area contributed by atoms with Gasteiger partial charge in [0.05, 0.1) is 6.04 Å². The molecule has 19 heavy (non-hydrogen) atoms. The molecule has 4 heteroatoms. The fraction of sp³-hybridized carbons (Fsp3) is 0.400. The first-order valence-electron chi connectivity index (χ1n) is 6.85. The predicted octanol–water partition coefficient (Wildman–Crippen LogP) is 2.84. The summed E-state index contributed by atoms with van der Waals surface area (Å²) in [6, 6.07) is 6.28. The molecule has 1 aromatic heterocycles. The third-order valence-corrected chi connectivity index (χ3v) is 3.86. The lowest BCUT2D eigenvalue weighted by molar-refractivity contribution is 0.420. The Morgan fingerprint density at radius 3 is 3.16 bits per heavy atom. The molecule has 1 aliphatic carbocycles. The standard InChI is InChI=1S/C15H19N3O/c1-2-13(15-16-7-8-17-15)18-14-6-3-10-9-11(19)4-5-12(10)14/h4-5,7-9,13-14,18-19H,2-3,6H2,1H3,(H,16,17). The molecule has 2 unspecified atom stereocenters. The molecular formula is C15H19N3O. The number of nitrogens with one attached hydrogen (secondary N) is 2. The van der Waals surface area contributed by atoms with E-state index in [1.54, 1.807) is 12.3 Å². The number of aromatic amines is 1. The normalized spacial score (nSPS) is 19.3. The van der Waals surface area contributed by atoms with Crippen LogP contribution in [0.25, 0.3) is 0 Å². The Hall–Kier alpha value is -1.81. The third-order valence-electron chi connectivity index (χ3n) is 3.86. The van der Waals surface area contributed by atoms with Gasteiger partial charge in [-0.1, -0.05) is 13.0 Å². The number of phenolic OH excluding ortho intramolecular Hbond substituents is 1. The zero-order valence-corrected chi connectivity index (χ0v) is 11.1. The van der Waals surface area contributed by atoms with E-state index in [0.717, 1.165) is 25.1 Å². The van der Waals surface area contributed by atoms with Crippen molar-refractivity contribution in [1.82, 2.24) is 15.3 Å². The monoisotopic (exact) mass is 257 g/mol. The van der Waals surface area contributed by atoms with Gasteiger partial charge in [-0.25, -0.2) is 4.98 Å². The van der Waals surface area contributed by atoms with Crippen molar-refractivity contribution in [3.8, 4) is 5.75 Å². The molecule has 0 spiro atoms. The number of H-pyrrole nitrogens is 1. The molecule has 1 heterocycles. The van der Waals surface area contributed by atoms with Crippen molar-refractivity contribution in [2.24, 2.45) is 0 Å². The van der Waals surface area contributed by atoms with Gasteiger partial charge in [-0.2, -0.15) is 0 Å². The molecule has 0 amide bonds. The lowest BCUT2D eigenvalue weighted by atomic mass is 10.1. The van der Waals surface area contributed by atoms with E-state index in [9.17, 15) is 5.11 Å². The molecule has 0 fully saturated rings. The Kier molecular flexibility index (Phi) is 3.25. The number of hydrogen-bond acceptors (Lipinski definition) is 3. The summed E-state index contributed by atoms with van der Waals surface area (Å²) in [5.74, 6) is 1.35. The minimum absolute atomic E-state index is 0.250. The quantitative estimate of drug-likeness (QED) is 0.789. The Bertz CT molecular complexity index is 551. The van der Waals surface area contributed by atoms with Crippen molar-refractivity contribution in [1.29, 1.82) is 0 Å². The number of rotatable bonds is 4. The van der Waals surface area contributed by atoms with E-state index in [2.05, 4.69) is 22.2 Å². The molecule has 4 nitrogen and oxygen atoms in total. The Morgan fingerprint density at radius 2 is 2.42 bits per heavy atom. The number of phenols is 1. The van der Waals surface area contributed by atoms with Crippen molar-refractivity contribution in [2.45, 2.75) is 38.3 Å². The first kappa shape index (κ1) is 12.2. The topological polar surface area (TPSA) is 60.9 Å². The Morgan fingerprint density at radius 1 is 1.53 bits per heavy atom. The Labute approximate surface area is 112 Å². The number of nitrogens with zero attached hydrogens (tertiary/aromatic N) is 1. The number of aromatic hydroxyl groups is 1. The summed E-state index contributed by atoms with van der Waals surface area (Å²) in [6.45, 7) is 2.16. The van der Waals surface area contributed by atoms with E-state index < -0.39 is 0 Å². The SMILES string of the molecule is CCC(NC1CCc2cc(O)ccc21)c1ncc[nH]1. The molecule has 0 aliphatic heterocycles. The van der Waals surface area contributed by atoms with Crippen molar-refractivity contribution in [3.05, 3.63) is 47.5 Å². The third kappa shape index (κ3) is 2.36. The number of hydrogen-bond donors (Lipinski definition) is 3. The van der Waals surface area contributed by atoms with Crippen LogP contribution in [0, 0.1) is 0 Å². The first-order valence-corrected chi connectivity index (χ1v) is 6.85. The van der Waals surface area contributed by atoms with Crippen LogP contribution < -0.4 is 5.32 Å². The second kappa shape index (κ2) is 5.05. The summed E-state index contributed by atoms with van der Waals surface area (Å²) < 4.78 is 0. The number of aryl methyl sites for hydroxylation is 1. The number of aromatic nitrogens is 2. The van der Waals surface area contributed by atoms with Crippen LogP contribution in [0.2, 0.25) is 0 Å². The molecule has 0 radical (unpaired) electrons. The van der Waals surface area contributed by atoms with E-state index >= 15 is 0 Å². The zero-order chi connectivity index (χ0) is 13.2. The maximum atomic E-state index is 9.53. The summed E-state index contributed by atoms with van der Waals surface area (Å²) in [5, 5.41) is 13.2. The van der Waals surface area contributed by atoms with E-state index in [1.807, 2.05) is 18.3 Å². The summed E-state index contributed by atoms with van der Waals surface area (Å²) in [7, 11) is 0. The highest BCUT2D eigenvalue weighted by atomic mass is 16.3. The molecule has 3 N–H and O–H groups in total. The molecule has 1 aromatic carbocycles. The summed E-state index contributed by atoms with van der Waals surface area (Å²) >= 11 is 0. The highest BCUT2D eigenvalue weighted by Gasteiger charge is 2.25. The molecule has 0 saturated heterocycles. The minimum Gasteiger partial charge on any atom is -0.508 e. The second-order valence-corrected chi connectivity index (χ2v) is 5.08. The van der Waals surface area contributed by atoms with Gasteiger partial charge in [-0.3, -0.25) is 0 Å². The summed E-state index contributed by atoms with van der Waals surface area (Å²) in [4.78, 5) is 7.52. The maximum Gasteiger partial charge on any atom is 0.123 e. The van der Waals surface area contributed by atoms with Gasteiger partial charge < -0.3 is 15.4 Å². The fourth-order valence-electron chi connectivity index (χ4n) is 2.88. The zero-order valence-electron chi connectivity index (χ0n) is 11.1. The van der Waals surface area contributed by atoms with E-state index in [-0.39, 0.29) is 6.04 Å². The van der Waals surface area contributed by atoms with Crippen molar-refractivity contribution in [2.75, 3.05) is 0 Å². The van der Waals surface area contributed by atoms with Crippen molar-refractivity contribution < 1.29 is 5.11 Å². The molecule has 3 rings (SSSR count). The molecule has 0 bridgehead atoms. The lowest BCUT2D eigenvalue weighted by Crippen LogP contribution is -2.25. The molecule has 100 valence electrons. The minimum atomic E-state index is 0.250.